The number of rotatable bonds is 4. The molecule has 1 aliphatic heterocycles. The highest BCUT2D eigenvalue weighted by atomic mass is 16.6. The fourth-order valence-electron chi connectivity index (χ4n) is 3.14. The van der Waals surface area contributed by atoms with Crippen molar-refractivity contribution in [2.45, 2.75) is 45.1 Å². The Balaban J connectivity index is 1.97. The van der Waals surface area contributed by atoms with Crippen LogP contribution in [-0.2, 0) is 9.47 Å². The second-order valence-electron chi connectivity index (χ2n) is 5.50. The van der Waals surface area contributed by atoms with Gasteiger partial charge in [-0.3, -0.25) is 4.57 Å². The monoisotopic (exact) mass is 291 g/mol. The molecule has 21 heavy (non-hydrogen) atoms. The third-order valence-corrected chi connectivity index (χ3v) is 4.16. The first-order valence-corrected chi connectivity index (χ1v) is 7.28. The standard InChI is InChI=1S/C14H21N5O2/c1-4-5-9-11(20-3)8(2)14(21-9)19-7-18-10-12(15)16-6-17-13(10)19/h6-9,11,14H,4-5H2,1-3H3,(H2,15,16,17). The van der Waals surface area contributed by atoms with Gasteiger partial charge in [0.05, 0.1) is 18.5 Å². The van der Waals surface area contributed by atoms with E-state index in [-0.39, 0.29) is 24.4 Å². The smallest absolute Gasteiger partial charge is 0.167 e. The number of nitrogens with two attached hydrogens (primary N) is 1. The van der Waals surface area contributed by atoms with E-state index in [1.54, 1.807) is 13.4 Å². The summed E-state index contributed by atoms with van der Waals surface area (Å²) in [6.45, 7) is 4.28. The van der Waals surface area contributed by atoms with E-state index in [0.717, 1.165) is 12.8 Å². The molecule has 4 unspecified atom stereocenters. The van der Waals surface area contributed by atoms with E-state index >= 15 is 0 Å². The third kappa shape index (κ3) is 2.26. The molecular weight excluding hydrogens is 270 g/mol. The van der Waals surface area contributed by atoms with Gasteiger partial charge in [0.2, 0.25) is 0 Å². The van der Waals surface area contributed by atoms with Gasteiger partial charge >= 0.3 is 0 Å². The molecule has 0 aliphatic carbocycles. The average molecular weight is 291 g/mol. The lowest BCUT2D eigenvalue weighted by atomic mass is 9.99. The first-order valence-electron chi connectivity index (χ1n) is 7.28. The van der Waals surface area contributed by atoms with Gasteiger partial charge in [-0.05, 0) is 6.42 Å². The second kappa shape index (κ2) is 5.57. The van der Waals surface area contributed by atoms with E-state index < -0.39 is 0 Å². The molecule has 1 aliphatic rings. The van der Waals surface area contributed by atoms with Crippen molar-refractivity contribution in [3.05, 3.63) is 12.7 Å². The molecule has 2 N–H and O–H groups in total. The highest BCUT2D eigenvalue weighted by Gasteiger charge is 2.43. The summed E-state index contributed by atoms with van der Waals surface area (Å²) in [5, 5.41) is 0. The van der Waals surface area contributed by atoms with Crippen LogP contribution in [0.2, 0.25) is 0 Å². The van der Waals surface area contributed by atoms with Crippen LogP contribution in [0.4, 0.5) is 5.82 Å². The Kier molecular flexibility index (Phi) is 3.77. The molecule has 3 heterocycles. The number of hydrogen-bond acceptors (Lipinski definition) is 6. The fourth-order valence-corrected chi connectivity index (χ4v) is 3.14. The summed E-state index contributed by atoms with van der Waals surface area (Å²) in [6, 6.07) is 0. The largest absolute Gasteiger partial charge is 0.382 e. The summed E-state index contributed by atoms with van der Waals surface area (Å²) in [4.78, 5) is 12.6. The van der Waals surface area contributed by atoms with Gasteiger partial charge in [-0.2, -0.15) is 0 Å². The molecule has 0 saturated carbocycles. The van der Waals surface area contributed by atoms with Crippen LogP contribution in [0.15, 0.2) is 12.7 Å². The van der Waals surface area contributed by atoms with Gasteiger partial charge in [-0.25, -0.2) is 15.0 Å². The Morgan fingerprint density at radius 2 is 2.19 bits per heavy atom. The highest BCUT2D eigenvalue weighted by molar-refractivity contribution is 5.81. The van der Waals surface area contributed by atoms with Crippen LogP contribution in [0.3, 0.4) is 0 Å². The summed E-state index contributed by atoms with van der Waals surface area (Å²) in [5.41, 5.74) is 7.15. The van der Waals surface area contributed by atoms with Crippen LogP contribution >= 0.6 is 0 Å². The van der Waals surface area contributed by atoms with Crippen molar-refractivity contribution < 1.29 is 9.47 Å². The van der Waals surface area contributed by atoms with Crippen molar-refractivity contribution >= 4 is 17.0 Å². The summed E-state index contributed by atoms with van der Waals surface area (Å²) in [7, 11) is 1.74. The molecule has 7 nitrogen and oxygen atoms in total. The highest BCUT2D eigenvalue weighted by Crippen LogP contribution is 2.39. The molecule has 2 aromatic rings. The van der Waals surface area contributed by atoms with E-state index in [0.29, 0.717) is 17.0 Å². The number of hydrogen-bond donors (Lipinski definition) is 1. The van der Waals surface area contributed by atoms with Crippen molar-refractivity contribution in [3.63, 3.8) is 0 Å². The Labute approximate surface area is 123 Å². The Morgan fingerprint density at radius 1 is 1.38 bits per heavy atom. The number of anilines is 1. The Morgan fingerprint density at radius 3 is 2.90 bits per heavy atom. The number of ether oxygens (including phenoxy) is 2. The lowest BCUT2D eigenvalue weighted by molar-refractivity contribution is -0.0307. The fraction of sp³-hybridized carbons (Fsp3) is 0.643. The molecule has 0 aromatic carbocycles. The normalized spacial score (nSPS) is 29.3. The summed E-state index contributed by atoms with van der Waals surface area (Å²) in [5.74, 6) is 0.595. The van der Waals surface area contributed by atoms with Crippen molar-refractivity contribution in [2.24, 2.45) is 5.92 Å². The van der Waals surface area contributed by atoms with Gasteiger partial charge in [-0.1, -0.05) is 20.3 Å². The van der Waals surface area contributed by atoms with Gasteiger partial charge in [-0.15, -0.1) is 0 Å². The lowest BCUT2D eigenvalue weighted by Crippen LogP contribution is -2.27. The molecule has 114 valence electrons. The predicted molar refractivity (Wildman–Crippen MR) is 78.5 cm³/mol. The van der Waals surface area contributed by atoms with E-state index in [1.807, 2.05) is 4.57 Å². The van der Waals surface area contributed by atoms with E-state index in [9.17, 15) is 0 Å². The maximum Gasteiger partial charge on any atom is 0.167 e. The number of aromatic nitrogens is 4. The van der Waals surface area contributed by atoms with Gasteiger partial charge < -0.3 is 15.2 Å². The van der Waals surface area contributed by atoms with Crippen LogP contribution < -0.4 is 5.73 Å². The maximum absolute atomic E-state index is 6.21. The topological polar surface area (TPSA) is 88.1 Å². The minimum atomic E-state index is -0.147. The van der Waals surface area contributed by atoms with Crippen LogP contribution in [0, 0.1) is 5.92 Å². The number of methoxy groups -OCH3 is 1. The predicted octanol–water partition coefficient (Wildman–Crippen LogP) is 1.76. The molecule has 1 fully saturated rings. The van der Waals surface area contributed by atoms with Crippen LogP contribution in [0.1, 0.15) is 32.9 Å². The molecular formula is C14H21N5O2. The summed E-state index contributed by atoms with van der Waals surface area (Å²) >= 11 is 0. The molecule has 0 amide bonds. The molecule has 0 spiro atoms. The zero-order valence-corrected chi connectivity index (χ0v) is 12.6. The van der Waals surface area contributed by atoms with E-state index in [1.165, 1.54) is 6.33 Å². The zero-order valence-electron chi connectivity index (χ0n) is 12.6. The average Bonchev–Trinajstić information content (AvgIpc) is 3.02. The Bertz CT molecular complexity index is 629. The zero-order chi connectivity index (χ0) is 15.0. The number of nitrogens with zero attached hydrogens (tertiary/aromatic N) is 4. The van der Waals surface area contributed by atoms with Crippen molar-refractivity contribution in [1.29, 1.82) is 0 Å². The quantitative estimate of drug-likeness (QED) is 0.923. The summed E-state index contributed by atoms with van der Waals surface area (Å²) in [6.07, 6.45) is 5.23. The van der Waals surface area contributed by atoms with Gasteiger partial charge in [0.1, 0.15) is 18.1 Å². The van der Waals surface area contributed by atoms with E-state index in [2.05, 4.69) is 28.8 Å². The minimum absolute atomic E-state index is 0.0755. The molecule has 1 saturated heterocycles. The van der Waals surface area contributed by atoms with Crippen LogP contribution in [-0.4, -0.2) is 38.8 Å². The molecule has 0 bridgehead atoms. The van der Waals surface area contributed by atoms with Crippen molar-refractivity contribution in [1.82, 2.24) is 19.5 Å². The number of fused-ring (bicyclic) bond motifs is 1. The third-order valence-electron chi connectivity index (χ3n) is 4.16. The minimum Gasteiger partial charge on any atom is -0.382 e. The molecule has 7 heteroatoms. The van der Waals surface area contributed by atoms with Crippen LogP contribution in [0.25, 0.3) is 11.2 Å². The SMILES string of the molecule is CCCC1OC(n2cnc3c(N)ncnc32)C(C)C1OC. The van der Waals surface area contributed by atoms with Crippen molar-refractivity contribution in [3.8, 4) is 0 Å². The Hall–Kier alpha value is -1.73. The number of nitrogen functional groups attached to an aromatic ring is 1. The first kappa shape index (κ1) is 14.2. The summed E-state index contributed by atoms with van der Waals surface area (Å²) < 4.78 is 13.8. The first-order chi connectivity index (χ1) is 10.2. The maximum atomic E-state index is 6.21. The second-order valence-corrected chi connectivity index (χ2v) is 5.50. The van der Waals surface area contributed by atoms with Gasteiger partial charge in [0.15, 0.2) is 11.5 Å². The van der Waals surface area contributed by atoms with Gasteiger partial charge in [0.25, 0.3) is 0 Å². The van der Waals surface area contributed by atoms with Crippen LogP contribution in [0.5, 0.6) is 0 Å². The van der Waals surface area contributed by atoms with Gasteiger partial charge in [0, 0.05) is 13.0 Å². The molecule has 0 radical (unpaired) electrons. The molecule has 2 aromatic heterocycles. The molecule has 4 atom stereocenters. The van der Waals surface area contributed by atoms with Crippen molar-refractivity contribution in [2.75, 3.05) is 12.8 Å². The van der Waals surface area contributed by atoms with E-state index in [4.69, 9.17) is 15.2 Å². The lowest BCUT2D eigenvalue weighted by Gasteiger charge is -2.19. The molecule has 3 rings (SSSR count). The number of imidazole rings is 1.